The molecule has 0 saturated carbocycles. The third kappa shape index (κ3) is 2.32. The number of fused-ring (bicyclic) bond motifs is 1. The number of piperidine rings is 1. The zero-order chi connectivity index (χ0) is 12.5. The molecule has 1 atom stereocenters. The van der Waals surface area contributed by atoms with Crippen LogP contribution in [-0.4, -0.2) is 28.1 Å². The fraction of sp³-hybridized carbons (Fsp3) is 0.500. The van der Waals surface area contributed by atoms with Crippen molar-refractivity contribution in [3.05, 3.63) is 22.2 Å². The maximum Gasteiger partial charge on any atom is 0.114 e. The minimum atomic E-state index is 0.524. The molecule has 1 fully saturated rings. The number of hydrogen-bond acceptors (Lipinski definition) is 3. The van der Waals surface area contributed by atoms with E-state index in [0.717, 1.165) is 30.7 Å². The number of halogens is 2. The van der Waals surface area contributed by atoms with Gasteiger partial charge in [0.25, 0.3) is 0 Å². The topological polar surface area (TPSA) is 42.7 Å². The number of benzene rings is 1. The van der Waals surface area contributed by atoms with E-state index in [1.807, 2.05) is 10.7 Å². The first-order valence-electron chi connectivity index (χ1n) is 6.13. The van der Waals surface area contributed by atoms with Gasteiger partial charge in [0.15, 0.2) is 0 Å². The molecule has 96 valence electrons. The van der Waals surface area contributed by atoms with Crippen LogP contribution in [0.15, 0.2) is 12.1 Å². The largest absolute Gasteiger partial charge is 0.316 e. The second-order valence-electron chi connectivity index (χ2n) is 4.74. The lowest BCUT2D eigenvalue weighted by Gasteiger charge is -2.22. The van der Waals surface area contributed by atoms with Gasteiger partial charge in [0, 0.05) is 6.54 Å². The number of aromatic nitrogens is 3. The van der Waals surface area contributed by atoms with Crippen LogP contribution < -0.4 is 5.32 Å². The predicted molar refractivity (Wildman–Crippen MR) is 73.1 cm³/mol. The second kappa shape index (κ2) is 5.03. The molecule has 0 aliphatic carbocycles. The number of nitrogens with zero attached hydrogens (tertiary/aromatic N) is 3. The van der Waals surface area contributed by atoms with Crippen molar-refractivity contribution < 1.29 is 0 Å². The van der Waals surface area contributed by atoms with E-state index in [9.17, 15) is 0 Å². The third-order valence-corrected chi connectivity index (χ3v) is 4.11. The van der Waals surface area contributed by atoms with Crippen molar-refractivity contribution in [2.75, 3.05) is 13.1 Å². The molecule has 1 aromatic heterocycles. The fourth-order valence-electron chi connectivity index (χ4n) is 2.42. The second-order valence-corrected chi connectivity index (χ2v) is 5.55. The van der Waals surface area contributed by atoms with E-state index >= 15 is 0 Å². The van der Waals surface area contributed by atoms with Gasteiger partial charge in [-0.3, -0.25) is 0 Å². The van der Waals surface area contributed by atoms with Crippen molar-refractivity contribution in [1.29, 1.82) is 0 Å². The van der Waals surface area contributed by atoms with Crippen LogP contribution in [0.25, 0.3) is 11.0 Å². The summed E-state index contributed by atoms with van der Waals surface area (Å²) in [6.07, 6.45) is 2.46. The number of nitrogens with one attached hydrogen (secondary N) is 1. The van der Waals surface area contributed by atoms with Crippen molar-refractivity contribution in [3.8, 4) is 0 Å². The Morgan fingerprint density at radius 1 is 1.33 bits per heavy atom. The molecule has 1 aromatic carbocycles. The van der Waals surface area contributed by atoms with E-state index in [1.165, 1.54) is 12.8 Å². The van der Waals surface area contributed by atoms with Gasteiger partial charge in [-0.05, 0) is 44.0 Å². The maximum atomic E-state index is 6.05. The molecular formula is C12H14Cl2N4. The Morgan fingerprint density at radius 3 is 2.94 bits per heavy atom. The molecule has 0 radical (unpaired) electrons. The van der Waals surface area contributed by atoms with Crippen molar-refractivity contribution >= 4 is 34.2 Å². The summed E-state index contributed by atoms with van der Waals surface area (Å²) in [5.74, 6) is 0.609. The Bertz CT molecular complexity index is 560. The Morgan fingerprint density at radius 2 is 2.17 bits per heavy atom. The molecule has 1 saturated heterocycles. The molecule has 4 nitrogen and oxygen atoms in total. The Hall–Kier alpha value is -0.840. The molecule has 2 heterocycles. The number of hydrogen-bond donors (Lipinski definition) is 1. The lowest BCUT2D eigenvalue weighted by Crippen LogP contribution is -2.32. The summed E-state index contributed by atoms with van der Waals surface area (Å²) >= 11 is 12.0. The average molecular weight is 285 g/mol. The average Bonchev–Trinajstić information content (AvgIpc) is 2.74. The summed E-state index contributed by atoms with van der Waals surface area (Å²) in [4.78, 5) is 0. The van der Waals surface area contributed by atoms with E-state index in [1.54, 1.807) is 6.07 Å². The molecule has 18 heavy (non-hydrogen) atoms. The normalized spacial score (nSPS) is 20.4. The molecular weight excluding hydrogens is 271 g/mol. The van der Waals surface area contributed by atoms with Crippen molar-refractivity contribution in [2.24, 2.45) is 5.92 Å². The van der Waals surface area contributed by atoms with Gasteiger partial charge in [-0.1, -0.05) is 28.4 Å². The Kier molecular flexibility index (Phi) is 3.41. The molecule has 6 heteroatoms. The van der Waals surface area contributed by atoms with Gasteiger partial charge < -0.3 is 5.32 Å². The lowest BCUT2D eigenvalue weighted by atomic mass is 10.00. The van der Waals surface area contributed by atoms with E-state index in [4.69, 9.17) is 23.2 Å². The Labute approximate surface area is 115 Å². The smallest absolute Gasteiger partial charge is 0.114 e. The predicted octanol–water partition coefficient (Wildman–Crippen LogP) is 2.74. The van der Waals surface area contributed by atoms with Crippen LogP contribution in [-0.2, 0) is 6.54 Å². The standard InChI is InChI=1S/C12H14Cl2N4/c13-9-4-11-12(5-10(9)14)18(17-16-11)7-8-2-1-3-15-6-8/h4-5,8,15H,1-3,6-7H2. The molecule has 1 unspecified atom stereocenters. The maximum absolute atomic E-state index is 6.05. The van der Waals surface area contributed by atoms with Crippen LogP contribution >= 0.6 is 23.2 Å². The van der Waals surface area contributed by atoms with Crippen LogP contribution in [0.2, 0.25) is 10.0 Å². The van der Waals surface area contributed by atoms with Crippen LogP contribution in [0.5, 0.6) is 0 Å². The summed E-state index contributed by atoms with van der Waals surface area (Å²) in [6, 6.07) is 3.61. The third-order valence-electron chi connectivity index (χ3n) is 3.39. The van der Waals surface area contributed by atoms with Gasteiger partial charge in [-0.25, -0.2) is 4.68 Å². The van der Waals surface area contributed by atoms with Gasteiger partial charge in [0.05, 0.1) is 15.6 Å². The number of rotatable bonds is 2. The van der Waals surface area contributed by atoms with Gasteiger partial charge in [-0.2, -0.15) is 0 Å². The molecule has 1 N–H and O–H groups in total. The van der Waals surface area contributed by atoms with Gasteiger partial charge in [0.1, 0.15) is 5.52 Å². The summed E-state index contributed by atoms with van der Waals surface area (Å²) in [5, 5.41) is 12.8. The molecule has 2 aromatic rings. The van der Waals surface area contributed by atoms with Crippen molar-refractivity contribution in [2.45, 2.75) is 19.4 Å². The van der Waals surface area contributed by atoms with Gasteiger partial charge in [0.2, 0.25) is 0 Å². The first-order chi connectivity index (χ1) is 8.74. The molecule has 3 rings (SSSR count). The highest BCUT2D eigenvalue weighted by atomic mass is 35.5. The minimum Gasteiger partial charge on any atom is -0.316 e. The van der Waals surface area contributed by atoms with Crippen LogP contribution in [0, 0.1) is 5.92 Å². The van der Waals surface area contributed by atoms with E-state index in [2.05, 4.69) is 15.6 Å². The van der Waals surface area contributed by atoms with Crippen LogP contribution in [0.3, 0.4) is 0 Å². The van der Waals surface area contributed by atoms with Gasteiger partial charge in [-0.15, -0.1) is 5.10 Å². The van der Waals surface area contributed by atoms with Crippen LogP contribution in [0.4, 0.5) is 0 Å². The SMILES string of the molecule is Clc1cc2nnn(CC3CCCNC3)c2cc1Cl. The molecule has 1 aliphatic heterocycles. The van der Waals surface area contributed by atoms with Gasteiger partial charge >= 0.3 is 0 Å². The monoisotopic (exact) mass is 284 g/mol. The summed E-state index contributed by atoms with van der Waals surface area (Å²) < 4.78 is 1.93. The lowest BCUT2D eigenvalue weighted by molar-refractivity contribution is 0.326. The van der Waals surface area contributed by atoms with Crippen LogP contribution in [0.1, 0.15) is 12.8 Å². The molecule has 0 bridgehead atoms. The zero-order valence-corrected chi connectivity index (χ0v) is 11.4. The Balaban J connectivity index is 1.89. The summed E-state index contributed by atoms with van der Waals surface area (Å²) in [7, 11) is 0. The molecule has 0 spiro atoms. The van der Waals surface area contributed by atoms with E-state index in [0.29, 0.717) is 16.0 Å². The molecule has 0 amide bonds. The summed E-state index contributed by atoms with van der Waals surface area (Å²) in [5.41, 5.74) is 1.75. The highest BCUT2D eigenvalue weighted by Gasteiger charge is 2.16. The zero-order valence-electron chi connectivity index (χ0n) is 9.87. The quantitative estimate of drug-likeness (QED) is 0.922. The van der Waals surface area contributed by atoms with Crippen molar-refractivity contribution in [1.82, 2.24) is 20.3 Å². The summed E-state index contributed by atoms with van der Waals surface area (Å²) in [6.45, 7) is 3.04. The highest BCUT2D eigenvalue weighted by Crippen LogP contribution is 2.27. The van der Waals surface area contributed by atoms with Crippen molar-refractivity contribution in [3.63, 3.8) is 0 Å². The van der Waals surface area contributed by atoms with E-state index < -0.39 is 0 Å². The first kappa shape index (κ1) is 12.2. The highest BCUT2D eigenvalue weighted by molar-refractivity contribution is 6.42. The minimum absolute atomic E-state index is 0.524. The fourth-order valence-corrected chi connectivity index (χ4v) is 2.74. The first-order valence-corrected chi connectivity index (χ1v) is 6.88. The van der Waals surface area contributed by atoms with E-state index in [-0.39, 0.29) is 0 Å². The molecule has 1 aliphatic rings.